The van der Waals surface area contributed by atoms with Gasteiger partial charge in [0.2, 0.25) is 0 Å². The van der Waals surface area contributed by atoms with Gasteiger partial charge in [0.15, 0.2) is 0 Å². The van der Waals surface area contributed by atoms with Crippen molar-refractivity contribution in [1.82, 2.24) is 0 Å². The Morgan fingerprint density at radius 3 is 2.94 bits per heavy atom. The summed E-state index contributed by atoms with van der Waals surface area (Å²) in [6, 6.07) is 5.95. The summed E-state index contributed by atoms with van der Waals surface area (Å²) >= 11 is 0. The predicted molar refractivity (Wildman–Crippen MR) is 68.1 cm³/mol. The summed E-state index contributed by atoms with van der Waals surface area (Å²) in [5.41, 5.74) is 7.53. The molecule has 1 heterocycles. The molecular formula is C14H21NO2. The van der Waals surface area contributed by atoms with E-state index in [0.717, 1.165) is 30.8 Å². The summed E-state index contributed by atoms with van der Waals surface area (Å²) in [5, 5.41) is 10.3. The molecule has 1 atom stereocenters. The molecule has 0 amide bonds. The number of benzene rings is 1. The molecule has 3 heteroatoms. The molecule has 17 heavy (non-hydrogen) atoms. The van der Waals surface area contributed by atoms with E-state index < -0.39 is 6.10 Å². The van der Waals surface area contributed by atoms with Gasteiger partial charge in [-0.15, -0.1) is 0 Å². The van der Waals surface area contributed by atoms with Gasteiger partial charge in [0.1, 0.15) is 5.75 Å². The fourth-order valence-corrected chi connectivity index (χ4v) is 2.11. The molecule has 0 saturated carbocycles. The Bertz CT molecular complexity index is 401. The second-order valence-corrected chi connectivity index (χ2v) is 5.41. The Hall–Kier alpha value is -1.06. The summed E-state index contributed by atoms with van der Waals surface area (Å²) in [4.78, 5) is 0. The van der Waals surface area contributed by atoms with Crippen LogP contribution in [0.15, 0.2) is 18.2 Å². The van der Waals surface area contributed by atoms with Crippen molar-refractivity contribution in [1.29, 1.82) is 0 Å². The van der Waals surface area contributed by atoms with Crippen LogP contribution in [0.2, 0.25) is 0 Å². The van der Waals surface area contributed by atoms with Crippen molar-refractivity contribution in [2.45, 2.75) is 32.8 Å². The van der Waals surface area contributed by atoms with Crippen LogP contribution in [-0.4, -0.2) is 18.3 Å². The lowest BCUT2D eigenvalue weighted by atomic mass is 9.82. The minimum absolute atomic E-state index is 0.302. The van der Waals surface area contributed by atoms with E-state index in [1.165, 1.54) is 5.56 Å². The lowest BCUT2D eigenvalue weighted by molar-refractivity contribution is 0.0553. The van der Waals surface area contributed by atoms with E-state index in [1.54, 1.807) is 0 Å². The molecule has 0 radical (unpaired) electrons. The van der Waals surface area contributed by atoms with Gasteiger partial charge in [-0.3, -0.25) is 0 Å². The number of nitrogens with two attached hydrogens (primary N) is 1. The van der Waals surface area contributed by atoms with Crippen LogP contribution in [0.3, 0.4) is 0 Å². The topological polar surface area (TPSA) is 55.5 Å². The van der Waals surface area contributed by atoms with Crippen LogP contribution < -0.4 is 10.5 Å². The van der Waals surface area contributed by atoms with Gasteiger partial charge in [-0.05, 0) is 36.1 Å². The number of aliphatic hydroxyl groups is 1. The zero-order chi connectivity index (χ0) is 12.5. The maximum Gasteiger partial charge on any atom is 0.122 e. The molecule has 1 aliphatic rings. The van der Waals surface area contributed by atoms with Gasteiger partial charge >= 0.3 is 0 Å². The minimum atomic E-state index is -0.528. The second-order valence-electron chi connectivity index (χ2n) is 5.41. The molecule has 0 spiro atoms. The first-order chi connectivity index (χ1) is 8.04. The summed E-state index contributed by atoms with van der Waals surface area (Å²) in [5.74, 6) is 0.956. The van der Waals surface area contributed by atoms with Crippen LogP contribution in [0.5, 0.6) is 5.75 Å². The Balaban J connectivity index is 2.28. The number of fused-ring (bicyclic) bond motifs is 1. The molecule has 3 N–H and O–H groups in total. The molecule has 0 saturated heterocycles. The van der Waals surface area contributed by atoms with E-state index in [2.05, 4.69) is 6.07 Å². The molecule has 1 unspecified atom stereocenters. The van der Waals surface area contributed by atoms with E-state index in [4.69, 9.17) is 10.5 Å². The Morgan fingerprint density at radius 2 is 2.24 bits per heavy atom. The third-order valence-corrected chi connectivity index (χ3v) is 3.51. The standard InChI is InChI=1S/C14H21NO2/c1-14(2,9-15)13(16)11-5-6-12-10(8-11)4-3-7-17-12/h5-6,8,13,16H,3-4,7,9,15H2,1-2H3. The van der Waals surface area contributed by atoms with Gasteiger partial charge in [0.05, 0.1) is 12.7 Å². The van der Waals surface area contributed by atoms with Crippen LogP contribution in [-0.2, 0) is 6.42 Å². The van der Waals surface area contributed by atoms with Crippen molar-refractivity contribution in [3.8, 4) is 5.75 Å². The van der Waals surface area contributed by atoms with Crippen molar-refractivity contribution in [2.75, 3.05) is 13.2 Å². The quantitative estimate of drug-likeness (QED) is 0.843. The Labute approximate surface area is 103 Å². The van der Waals surface area contributed by atoms with Crippen molar-refractivity contribution >= 4 is 0 Å². The van der Waals surface area contributed by atoms with E-state index in [1.807, 2.05) is 26.0 Å². The summed E-state index contributed by atoms with van der Waals surface area (Å²) in [7, 11) is 0. The van der Waals surface area contributed by atoms with Crippen molar-refractivity contribution in [3.63, 3.8) is 0 Å². The molecule has 0 aliphatic carbocycles. The molecule has 3 nitrogen and oxygen atoms in total. The highest BCUT2D eigenvalue weighted by molar-refractivity contribution is 5.39. The van der Waals surface area contributed by atoms with Crippen molar-refractivity contribution < 1.29 is 9.84 Å². The van der Waals surface area contributed by atoms with E-state index >= 15 is 0 Å². The summed E-state index contributed by atoms with van der Waals surface area (Å²) < 4.78 is 5.56. The molecular weight excluding hydrogens is 214 g/mol. The highest BCUT2D eigenvalue weighted by Crippen LogP contribution is 2.35. The second kappa shape index (κ2) is 4.67. The van der Waals surface area contributed by atoms with Crippen LogP contribution >= 0.6 is 0 Å². The molecule has 94 valence electrons. The number of rotatable bonds is 3. The van der Waals surface area contributed by atoms with Crippen LogP contribution in [0, 0.1) is 5.41 Å². The van der Waals surface area contributed by atoms with E-state index in [-0.39, 0.29) is 5.41 Å². The molecule has 0 bridgehead atoms. The van der Waals surface area contributed by atoms with Gasteiger partial charge in [-0.2, -0.15) is 0 Å². The SMILES string of the molecule is CC(C)(CN)C(O)c1ccc2c(c1)CCCO2. The maximum absolute atomic E-state index is 10.3. The van der Waals surface area contributed by atoms with Crippen molar-refractivity contribution in [3.05, 3.63) is 29.3 Å². The molecule has 0 aromatic heterocycles. The first kappa shape index (κ1) is 12.4. The largest absolute Gasteiger partial charge is 0.493 e. The molecule has 2 rings (SSSR count). The van der Waals surface area contributed by atoms with Gasteiger partial charge in [-0.1, -0.05) is 19.9 Å². The Morgan fingerprint density at radius 1 is 1.47 bits per heavy atom. The third kappa shape index (κ3) is 2.45. The lowest BCUT2D eigenvalue weighted by Crippen LogP contribution is -2.30. The number of hydrogen-bond donors (Lipinski definition) is 2. The van der Waals surface area contributed by atoms with Crippen molar-refractivity contribution in [2.24, 2.45) is 11.1 Å². The van der Waals surface area contributed by atoms with Crippen LogP contribution in [0.4, 0.5) is 0 Å². The average Bonchev–Trinajstić information content (AvgIpc) is 2.37. The van der Waals surface area contributed by atoms with Gasteiger partial charge in [0.25, 0.3) is 0 Å². The highest BCUT2D eigenvalue weighted by atomic mass is 16.5. The summed E-state index contributed by atoms with van der Waals surface area (Å²) in [6.07, 6.45) is 1.55. The first-order valence-corrected chi connectivity index (χ1v) is 6.18. The average molecular weight is 235 g/mol. The predicted octanol–water partition coefficient (Wildman–Crippen LogP) is 2.03. The molecule has 1 aromatic carbocycles. The maximum atomic E-state index is 10.3. The molecule has 1 aliphatic heterocycles. The van der Waals surface area contributed by atoms with Crippen LogP contribution in [0.1, 0.15) is 37.5 Å². The summed E-state index contributed by atoms with van der Waals surface area (Å²) in [6.45, 7) is 5.21. The number of aliphatic hydroxyl groups excluding tert-OH is 1. The fourth-order valence-electron chi connectivity index (χ4n) is 2.11. The zero-order valence-corrected chi connectivity index (χ0v) is 10.6. The smallest absolute Gasteiger partial charge is 0.122 e. The first-order valence-electron chi connectivity index (χ1n) is 6.18. The van der Waals surface area contributed by atoms with Gasteiger partial charge < -0.3 is 15.6 Å². The van der Waals surface area contributed by atoms with E-state index in [9.17, 15) is 5.11 Å². The zero-order valence-electron chi connectivity index (χ0n) is 10.6. The minimum Gasteiger partial charge on any atom is -0.493 e. The highest BCUT2D eigenvalue weighted by Gasteiger charge is 2.28. The van der Waals surface area contributed by atoms with E-state index in [0.29, 0.717) is 6.54 Å². The third-order valence-electron chi connectivity index (χ3n) is 3.51. The monoisotopic (exact) mass is 235 g/mol. The molecule has 1 aromatic rings. The lowest BCUT2D eigenvalue weighted by Gasteiger charge is -2.30. The number of aryl methyl sites for hydroxylation is 1. The fraction of sp³-hybridized carbons (Fsp3) is 0.571. The van der Waals surface area contributed by atoms with Gasteiger partial charge in [0, 0.05) is 12.0 Å². The Kier molecular flexibility index (Phi) is 3.40. The number of ether oxygens (including phenoxy) is 1. The van der Waals surface area contributed by atoms with Gasteiger partial charge in [-0.25, -0.2) is 0 Å². The normalized spacial score (nSPS) is 17.2. The molecule has 0 fully saturated rings. The number of hydrogen-bond acceptors (Lipinski definition) is 3. The van der Waals surface area contributed by atoms with Crippen LogP contribution in [0.25, 0.3) is 0 Å².